The summed E-state index contributed by atoms with van der Waals surface area (Å²) < 4.78 is 51.4. The van der Waals surface area contributed by atoms with Gasteiger partial charge in [-0.2, -0.15) is 18.3 Å². The fourth-order valence-corrected chi connectivity index (χ4v) is 3.63. The highest BCUT2D eigenvalue weighted by atomic mass is 19.4. The van der Waals surface area contributed by atoms with E-state index >= 15 is 0 Å². The van der Waals surface area contributed by atoms with E-state index in [-0.39, 0.29) is 30.9 Å². The van der Waals surface area contributed by atoms with Crippen LogP contribution in [-0.4, -0.2) is 22.5 Å². The second-order valence-electron chi connectivity index (χ2n) is 7.55. The zero-order valence-corrected chi connectivity index (χ0v) is 16.3. The summed E-state index contributed by atoms with van der Waals surface area (Å²) in [5.74, 6) is 1.07. The number of nitrogens with one attached hydrogen (secondary N) is 1. The molecule has 0 radical (unpaired) electrons. The second-order valence-corrected chi connectivity index (χ2v) is 7.55. The molecule has 0 saturated heterocycles. The Morgan fingerprint density at radius 2 is 1.94 bits per heavy atom. The number of fused-ring (bicyclic) bond motifs is 1. The Balaban J connectivity index is 1.39. The Morgan fingerprint density at radius 1 is 1.13 bits per heavy atom. The molecule has 3 aromatic rings. The molecule has 2 heterocycles. The zero-order valence-electron chi connectivity index (χ0n) is 16.3. The average molecular weight is 429 g/mol. The van der Waals surface area contributed by atoms with E-state index in [1.807, 2.05) is 6.07 Å². The van der Waals surface area contributed by atoms with Crippen molar-refractivity contribution >= 4 is 5.91 Å². The van der Waals surface area contributed by atoms with Crippen LogP contribution in [0.4, 0.5) is 13.2 Å². The third-order valence-corrected chi connectivity index (χ3v) is 5.32. The first-order valence-corrected chi connectivity index (χ1v) is 9.82. The maximum atomic E-state index is 13.1. The van der Waals surface area contributed by atoms with Crippen LogP contribution < -0.4 is 14.8 Å². The van der Waals surface area contributed by atoms with E-state index in [1.165, 1.54) is 16.9 Å². The Kier molecular flexibility index (Phi) is 4.60. The number of hydrogen-bond acceptors (Lipinski definition) is 4. The molecule has 9 heteroatoms. The van der Waals surface area contributed by atoms with Crippen LogP contribution in [0, 0.1) is 0 Å². The first-order chi connectivity index (χ1) is 14.9. The van der Waals surface area contributed by atoms with E-state index in [4.69, 9.17) is 9.47 Å². The fourth-order valence-electron chi connectivity index (χ4n) is 3.63. The molecule has 0 atom stereocenters. The normalized spacial score (nSPS) is 15.2. The molecule has 1 fully saturated rings. The smallest absolute Gasteiger partial charge is 0.416 e. The van der Waals surface area contributed by atoms with Crippen molar-refractivity contribution in [2.75, 3.05) is 6.79 Å². The summed E-state index contributed by atoms with van der Waals surface area (Å²) >= 11 is 0. The van der Waals surface area contributed by atoms with E-state index in [2.05, 4.69) is 10.4 Å². The summed E-state index contributed by atoms with van der Waals surface area (Å²) in [5.41, 5.74) is 1.39. The van der Waals surface area contributed by atoms with E-state index in [0.717, 1.165) is 30.5 Å². The molecule has 1 aliphatic carbocycles. The number of nitrogens with zero attached hydrogens (tertiary/aromatic N) is 2. The van der Waals surface area contributed by atoms with Gasteiger partial charge < -0.3 is 14.8 Å². The standard InChI is InChI=1S/C22H18F3N3O3/c23-22(24,25)15-2-1-3-16(9-15)28-20(14-5-6-14)17(11-27-28)21(29)26-10-13-4-7-18-19(8-13)31-12-30-18/h1-4,7-9,11,14H,5-6,10,12H2,(H,26,29). The van der Waals surface area contributed by atoms with Gasteiger partial charge in [0.15, 0.2) is 11.5 Å². The molecule has 1 N–H and O–H groups in total. The number of hydrogen-bond donors (Lipinski definition) is 1. The number of carbonyl (C=O) groups excluding carboxylic acids is 1. The van der Waals surface area contributed by atoms with Gasteiger partial charge in [-0.25, -0.2) is 4.68 Å². The molecule has 2 aliphatic rings. The number of alkyl halides is 3. The van der Waals surface area contributed by atoms with Crippen LogP contribution in [0.3, 0.4) is 0 Å². The highest BCUT2D eigenvalue weighted by Gasteiger charge is 2.34. The molecule has 5 rings (SSSR count). The van der Waals surface area contributed by atoms with Gasteiger partial charge in [-0.3, -0.25) is 4.79 Å². The summed E-state index contributed by atoms with van der Waals surface area (Å²) in [6.45, 7) is 0.443. The molecular weight excluding hydrogens is 411 g/mol. The molecule has 1 aliphatic heterocycles. The lowest BCUT2D eigenvalue weighted by atomic mass is 10.1. The molecule has 0 spiro atoms. The van der Waals surface area contributed by atoms with Crippen molar-refractivity contribution in [1.29, 1.82) is 0 Å². The largest absolute Gasteiger partial charge is 0.454 e. The van der Waals surface area contributed by atoms with Gasteiger partial charge in [0.05, 0.1) is 28.7 Å². The minimum absolute atomic E-state index is 0.100. The molecule has 6 nitrogen and oxygen atoms in total. The van der Waals surface area contributed by atoms with E-state index in [9.17, 15) is 18.0 Å². The van der Waals surface area contributed by atoms with E-state index in [1.54, 1.807) is 18.2 Å². The Morgan fingerprint density at radius 3 is 2.71 bits per heavy atom. The van der Waals surface area contributed by atoms with Gasteiger partial charge in [0.2, 0.25) is 6.79 Å². The Hall–Kier alpha value is -3.49. The van der Waals surface area contributed by atoms with Gasteiger partial charge in [0.1, 0.15) is 0 Å². The number of halogens is 3. The molecule has 31 heavy (non-hydrogen) atoms. The molecule has 160 valence electrons. The number of ether oxygens (including phenoxy) is 2. The van der Waals surface area contributed by atoms with Crippen molar-refractivity contribution < 1.29 is 27.4 Å². The third-order valence-electron chi connectivity index (χ3n) is 5.32. The predicted octanol–water partition coefficient (Wildman–Crippen LogP) is 4.43. The quantitative estimate of drug-likeness (QED) is 0.652. The third kappa shape index (κ3) is 3.83. The molecule has 0 bridgehead atoms. The summed E-state index contributed by atoms with van der Waals surface area (Å²) in [7, 11) is 0. The highest BCUT2D eigenvalue weighted by molar-refractivity contribution is 5.95. The maximum absolute atomic E-state index is 13.1. The zero-order chi connectivity index (χ0) is 21.6. The van der Waals surface area contributed by atoms with Crippen molar-refractivity contribution in [2.24, 2.45) is 0 Å². The molecule has 2 aromatic carbocycles. The fraction of sp³-hybridized carbons (Fsp3) is 0.273. The van der Waals surface area contributed by atoms with Crippen LogP contribution in [-0.2, 0) is 12.7 Å². The van der Waals surface area contributed by atoms with Gasteiger partial charge in [0.25, 0.3) is 5.91 Å². The number of rotatable bonds is 5. The topological polar surface area (TPSA) is 65.4 Å². The summed E-state index contributed by atoms with van der Waals surface area (Å²) in [6, 6.07) is 10.4. The lowest BCUT2D eigenvalue weighted by molar-refractivity contribution is -0.137. The molecular formula is C22H18F3N3O3. The van der Waals surface area contributed by atoms with Crippen molar-refractivity contribution in [2.45, 2.75) is 31.5 Å². The minimum Gasteiger partial charge on any atom is -0.454 e. The lowest BCUT2D eigenvalue weighted by Crippen LogP contribution is -2.23. The van der Waals surface area contributed by atoms with Crippen LogP contribution in [0.15, 0.2) is 48.7 Å². The molecule has 1 saturated carbocycles. The van der Waals surface area contributed by atoms with Gasteiger partial charge in [0, 0.05) is 12.5 Å². The Labute approximate surface area is 175 Å². The van der Waals surface area contributed by atoms with Crippen molar-refractivity contribution in [3.63, 3.8) is 0 Å². The van der Waals surface area contributed by atoms with Gasteiger partial charge in [-0.15, -0.1) is 0 Å². The number of amides is 1. The van der Waals surface area contributed by atoms with Crippen molar-refractivity contribution in [3.8, 4) is 17.2 Å². The van der Waals surface area contributed by atoms with Crippen LogP contribution in [0.1, 0.15) is 45.9 Å². The summed E-state index contributed by atoms with van der Waals surface area (Å²) in [5, 5.41) is 7.11. The SMILES string of the molecule is O=C(NCc1ccc2c(c1)OCO2)c1cnn(-c2cccc(C(F)(F)F)c2)c1C1CC1. The number of benzene rings is 2. The molecule has 1 aromatic heterocycles. The first kappa shape index (κ1) is 19.5. The average Bonchev–Trinajstić information content (AvgIpc) is 3.32. The van der Waals surface area contributed by atoms with Gasteiger partial charge in [-0.05, 0) is 48.7 Å². The molecule has 1 amide bonds. The van der Waals surface area contributed by atoms with Crippen LogP contribution in [0.5, 0.6) is 11.5 Å². The van der Waals surface area contributed by atoms with Crippen LogP contribution >= 0.6 is 0 Å². The summed E-state index contributed by atoms with van der Waals surface area (Å²) in [6.07, 6.45) is -1.29. The predicted molar refractivity (Wildman–Crippen MR) is 104 cm³/mol. The van der Waals surface area contributed by atoms with Crippen LogP contribution in [0.25, 0.3) is 5.69 Å². The van der Waals surface area contributed by atoms with E-state index < -0.39 is 11.7 Å². The molecule has 0 unspecified atom stereocenters. The second kappa shape index (κ2) is 7.33. The van der Waals surface area contributed by atoms with Crippen LogP contribution in [0.2, 0.25) is 0 Å². The number of carbonyl (C=O) groups is 1. The van der Waals surface area contributed by atoms with Gasteiger partial charge >= 0.3 is 6.18 Å². The van der Waals surface area contributed by atoms with Crippen molar-refractivity contribution in [3.05, 3.63) is 71.0 Å². The Bertz CT molecular complexity index is 1150. The first-order valence-electron chi connectivity index (χ1n) is 9.82. The monoisotopic (exact) mass is 429 g/mol. The minimum atomic E-state index is -4.45. The van der Waals surface area contributed by atoms with E-state index in [0.29, 0.717) is 22.8 Å². The maximum Gasteiger partial charge on any atom is 0.416 e. The number of aromatic nitrogens is 2. The van der Waals surface area contributed by atoms with Gasteiger partial charge in [-0.1, -0.05) is 12.1 Å². The summed E-state index contributed by atoms with van der Waals surface area (Å²) in [4.78, 5) is 12.9. The highest BCUT2D eigenvalue weighted by Crippen LogP contribution is 2.43. The lowest BCUT2D eigenvalue weighted by Gasteiger charge is -2.12. The van der Waals surface area contributed by atoms with Crippen molar-refractivity contribution in [1.82, 2.24) is 15.1 Å².